The fraction of sp³-hybridized carbons (Fsp3) is 0.100. The van der Waals surface area contributed by atoms with E-state index in [-0.39, 0.29) is 0 Å². The molecule has 0 radical (unpaired) electrons. The first-order valence-electron chi connectivity index (χ1n) is 7.87. The minimum atomic E-state index is 0.757. The zero-order valence-corrected chi connectivity index (χ0v) is 14.4. The number of nitrogens with zero attached hydrogens (tertiary/aromatic N) is 2. The molecule has 1 N–H and O–H groups in total. The van der Waals surface area contributed by atoms with Crippen molar-refractivity contribution >= 4 is 18.0 Å². The van der Waals surface area contributed by atoms with E-state index in [4.69, 9.17) is 12.2 Å². The summed E-state index contributed by atoms with van der Waals surface area (Å²) in [5.41, 5.74) is 6.75. The van der Waals surface area contributed by atoms with Crippen molar-refractivity contribution in [3.63, 3.8) is 0 Å². The summed E-state index contributed by atoms with van der Waals surface area (Å²) in [6.07, 6.45) is 3.89. The first kappa shape index (κ1) is 14.8. The maximum atomic E-state index is 5.74. The molecular weight excluding hydrogens is 314 g/mol. The number of aromatic amines is 1. The number of benzene rings is 2. The molecule has 0 fully saturated rings. The van der Waals surface area contributed by atoms with Crippen LogP contribution < -0.4 is 0 Å². The van der Waals surface area contributed by atoms with Gasteiger partial charge in [0.2, 0.25) is 5.78 Å². The average Bonchev–Trinajstić information content (AvgIpc) is 3.04. The molecule has 0 aliphatic rings. The summed E-state index contributed by atoms with van der Waals surface area (Å²) in [6.45, 7) is 4.24. The quantitative estimate of drug-likeness (QED) is 0.503. The number of rotatable bonds is 2. The van der Waals surface area contributed by atoms with E-state index in [0.29, 0.717) is 0 Å². The Balaban J connectivity index is 1.93. The molecular formula is C20H17N3S. The number of hydrogen-bond acceptors (Lipinski definition) is 2. The molecule has 0 bridgehead atoms. The van der Waals surface area contributed by atoms with Crippen LogP contribution in [0, 0.1) is 18.5 Å². The lowest BCUT2D eigenvalue weighted by molar-refractivity contribution is 1.09. The number of H-pyrrole nitrogens is 1. The Morgan fingerprint density at radius 3 is 2.54 bits per heavy atom. The van der Waals surface area contributed by atoms with Gasteiger partial charge in [-0.15, -0.1) is 0 Å². The van der Waals surface area contributed by atoms with Crippen LogP contribution in [-0.2, 0) is 0 Å². The highest BCUT2D eigenvalue weighted by atomic mass is 32.1. The van der Waals surface area contributed by atoms with Gasteiger partial charge in [0.15, 0.2) is 0 Å². The van der Waals surface area contributed by atoms with Gasteiger partial charge in [0.1, 0.15) is 4.64 Å². The molecule has 3 nitrogen and oxygen atoms in total. The third-order valence-corrected chi connectivity index (χ3v) is 4.89. The Morgan fingerprint density at radius 2 is 1.75 bits per heavy atom. The standard InChI is InChI=1S/C20H17N3S/c1-13-7-6-10-16(14(13)2)17-11-21-20-22-18(12-23(20)19(17)24)15-8-4-3-5-9-15/h3-12H,1-2H3,(H,21,22). The van der Waals surface area contributed by atoms with E-state index in [1.807, 2.05) is 35.0 Å². The molecule has 118 valence electrons. The lowest BCUT2D eigenvalue weighted by atomic mass is 9.99. The number of aromatic nitrogens is 3. The smallest absolute Gasteiger partial charge is 0.212 e. The fourth-order valence-electron chi connectivity index (χ4n) is 2.96. The Hall–Kier alpha value is -2.72. The molecule has 0 atom stereocenters. The molecule has 0 aliphatic carbocycles. The van der Waals surface area contributed by atoms with E-state index in [1.54, 1.807) is 0 Å². The van der Waals surface area contributed by atoms with Crippen molar-refractivity contribution in [2.24, 2.45) is 0 Å². The van der Waals surface area contributed by atoms with Gasteiger partial charge in [-0.3, -0.25) is 4.40 Å². The lowest BCUT2D eigenvalue weighted by Crippen LogP contribution is -1.95. The van der Waals surface area contributed by atoms with Crippen LogP contribution >= 0.6 is 12.2 Å². The summed E-state index contributed by atoms with van der Waals surface area (Å²) >= 11 is 5.74. The lowest BCUT2D eigenvalue weighted by Gasteiger charge is -2.09. The molecule has 4 rings (SSSR count). The molecule has 2 aromatic heterocycles. The SMILES string of the molecule is Cc1cccc(-c2cnc3[nH]c(-c4ccccc4)cn3c2=S)c1C. The average molecular weight is 331 g/mol. The molecule has 0 unspecified atom stereocenters. The molecule has 0 saturated carbocycles. The Labute approximate surface area is 145 Å². The number of fused-ring (bicyclic) bond motifs is 1. The van der Waals surface area contributed by atoms with Gasteiger partial charge in [0.25, 0.3) is 0 Å². The van der Waals surface area contributed by atoms with Crippen LogP contribution in [-0.4, -0.2) is 14.4 Å². The second kappa shape index (κ2) is 5.73. The predicted molar refractivity (Wildman–Crippen MR) is 101 cm³/mol. The van der Waals surface area contributed by atoms with Gasteiger partial charge >= 0.3 is 0 Å². The summed E-state index contributed by atoms with van der Waals surface area (Å²) < 4.78 is 2.72. The van der Waals surface area contributed by atoms with E-state index in [9.17, 15) is 0 Å². The maximum Gasteiger partial charge on any atom is 0.212 e. The van der Waals surface area contributed by atoms with Gasteiger partial charge in [-0.2, -0.15) is 0 Å². The summed E-state index contributed by atoms with van der Waals surface area (Å²) in [7, 11) is 0. The number of hydrogen-bond donors (Lipinski definition) is 1. The number of nitrogens with one attached hydrogen (secondary N) is 1. The van der Waals surface area contributed by atoms with Crippen LogP contribution in [0.2, 0.25) is 0 Å². The summed E-state index contributed by atoms with van der Waals surface area (Å²) in [6, 6.07) is 16.5. The van der Waals surface area contributed by atoms with Crippen molar-refractivity contribution in [1.29, 1.82) is 0 Å². The Kier molecular flexibility index (Phi) is 3.54. The molecule has 4 aromatic rings. The second-order valence-corrected chi connectivity index (χ2v) is 6.34. The van der Waals surface area contributed by atoms with Crippen LogP contribution in [0.1, 0.15) is 11.1 Å². The van der Waals surface area contributed by atoms with Crippen LogP contribution in [0.3, 0.4) is 0 Å². The fourth-order valence-corrected chi connectivity index (χ4v) is 3.26. The Bertz CT molecular complexity index is 1090. The van der Waals surface area contributed by atoms with E-state index in [2.05, 4.69) is 54.1 Å². The van der Waals surface area contributed by atoms with Gasteiger partial charge in [-0.1, -0.05) is 60.7 Å². The van der Waals surface area contributed by atoms with E-state index < -0.39 is 0 Å². The monoisotopic (exact) mass is 331 g/mol. The minimum absolute atomic E-state index is 0.757. The predicted octanol–water partition coefficient (Wildman–Crippen LogP) is 5.34. The van der Waals surface area contributed by atoms with Gasteiger partial charge in [0.05, 0.1) is 5.69 Å². The number of imidazole rings is 1. The van der Waals surface area contributed by atoms with Crippen molar-refractivity contribution in [2.75, 3.05) is 0 Å². The van der Waals surface area contributed by atoms with E-state index in [1.165, 1.54) is 11.1 Å². The molecule has 0 saturated heterocycles. The number of aryl methyl sites for hydroxylation is 1. The zero-order valence-electron chi connectivity index (χ0n) is 13.6. The van der Waals surface area contributed by atoms with Crippen LogP contribution in [0.5, 0.6) is 0 Å². The second-order valence-electron chi connectivity index (χ2n) is 5.95. The summed E-state index contributed by atoms with van der Waals surface area (Å²) in [4.78, 5) is 7.92. The van der Waals surface area contributed by atoms with Crippen LogP contribution in [0.15, 0.2) is 60.9 Å². The summed E-state index contributed by atoms with van der Waals surface area (Å²) in [5, 5.41) is 0. The first-order chi connectivity index (χ1) is 11.6. The topological polar surface area (TPSA) is 33.1 Å². The van der Waals surface area contributed by atoms with Gasteiger partial charge in [-0.05, 0) is 36.1 Å². The third kappa shape index (κ3) is 2.36. The van der Waals surface area contributed by atoms with Crippen molar-refractivity contribution in [3.05, 3.63) is 76.7 Å². The Morgan fingerprint density at radius 1 is 0.958 bits per heavy atom. The highest BCUT2D eigenvalue weighted by Gasteiger charge is 2.10. The van der Waals surface area contributed by atoms with Gasteiger partial charge in [-0.25, -0.2) is 4.98 Å². The third-order valence-electron chi connectivity index (χ3n) is 4.48. The molecule has 4 heteroatoms. The largest absolute Gasteiger partial charge is 0.323 e. The van der Waals surface area contributed by atoms with Gasteiger partial charge in [0, 0.05) is 18.0 Å². The molecule has 0 spiro atoms. The van der Waals surface area contributed by atoms with E-state index >= 15 is 0 Å². The first-order valence-corrected chi connectivity index (χ1v) is 8.28. The molecule has 2 aromatic carbocycles. The highest BCUT2D eigenvalue weighted by Crippen LogP contribution is 2.27. The van der Waals surface area contributed by atoms with Gasteiger partial charge < -0.3 is 4.98 Å². The van der Waals surface area contributed by atoms with Crippen LogP contribution in [0.25, 0.3) is 28.2 Å². The zero-order chi connectivity index (χ0) is 16.7. The highest BCUT2D eigenvalue weighted by molar-refractivity contribution is 7.71. The molecule has 0 amide bonds. The molecule has 24 heavy (non-hydrogen) atoms. The van der Waals surface area contributed by atoms with E-state index in [0.717, 1.165) is 32.8 Å². The molecule has 0 aliphatic heterocycles. The van der Waals surface area contributed by atoms with Crippen molar-refractivity contribution < 1.29 is 0 Å². The summed E-state index contributed by atoms with van der Waals surface area (Å²) in [5.74, 6) is 0.757. The van der Waals surface area contributed by atoms with Crippen molar-refractivity contribution in [3.8, 4) is 22.4 Å². The minimum Gasteiger partial charge on any atom is -0.323 e. The van der Waals surface area contributed by atoms with Crippen molar-refractivity contribution in [2.45, 2.75) is 13.8 Å². The van der Waals surface area contributed by atoms with Crippen molar-refractivity contribution in [1.82, 2.24) is 14.4 Å². The maximum absolute atomic E-state index is 5.74. The van der Waals surface area contributed by atoms with Crippen LogP contribution in [0.4, 0.5) is 0 Å². The molecule has 2 heterocycles. The normalized spacial score (nSPS) is 11.1.